The lowest BCUT2D eigenvalue weighted by Crippen LogP contribution is -2.26. The van der Waals surface area contributed by atoms with Crippen LogP contribution in [0.5, 0.6) is 0 Å². The van der Waals surface area contributed by atoms with E-state index in [9.17, 15) is 4.79 Å². The molecule has 0 radical (unpaired) electrons. The smallest absolute Gasteiger partial charge is 0.298 e. The standard InChI is InChI=1S/C9H15N5O/c1-3-10-7-8(15)14-6-5-13(4-2)9(14)12-11-7/h3-6H2,1-2H3,(H,10,11). The van der Waals surface area contributed by atoms with Crippen molar-refractivity contribution < 1.29 is 0 Å². The van der Waals surface area contributed by atoms with Crippen LogP contribution in [0.3, 0.4) is 0 Å². The molecule has 0 unspecified atom stereocenters. The van der Waals surface area contributed by atoms with E-state index in [1.165, 1.54) is 0 Å². The quantitative estimate of drug-likeness (QED) is 0.753. The molecule has 15 heavy (non-hydrogen) atoms. The zero-order chi connectivity index (χ0) is 10.8. The number of nitrogens with zero attached hydrogens (tertiary/aromatic N) is 4. The maximum absolute atomic E-state index is 11.9. The summed E-state index contributed by atoms with van der Waals surface area (Å²) in [6.07, 6.45) is 0. The number of aromatic nitrogens is 3. The molecule has 6 nitrogen and oxygen atoms in total. The van der Waals surface area contributed by atoms with E-state index in [0.717, 1.165) is 13.1 Å². The predicted molar refractivity (Wildman–Crippen MR) is 58.3 cm³/mol. The molecule has 0 bridgehead atoms. The predicted octanol–water partition coefficient (Wildman–Crippen LogP) is -0.0900. The van der Waals surface area contributed by atoms with Gasteiger partial charge in [0.05, 0.1) is 0 Å². The van der Waals surface area contributed by atoms with Crippen LogP contribution in [-0.4, -0.2) is 34.4 Å². The molecule has 0 amide bonds. The second-order valence-electron chi connectivity index (χ2n) is 3.42. The minimum Gasteiger partial charge on any atom is -0.364 e. The Morgan fingerprint density at radius 3 is 2.80 bits per heavy atom. The van der Waals surface area contributed by atoms with Gasteiger partial charge in [-0.2, -0.15) is 0 Å². The lowest BCUT2D eigenvalue weighted by molar-refractivity contribution is 0.738. The first-order valence-electron chi connectivity index (χ1n) is 5.24. The van der Waals surface area contributed by atoms with Crippen LogP contribution in [0.2, 0.25) is 0 Å². The van der Waals surface area contributed by atoms with Crippen molar-refractivity contribution in [1.82, 2.24) is 14.8 Å². The second-order valence-corrected chi connectivity index (χ2v) is 3.42. The highest BCUT2D eigenvalue weighted by Gasteiger charge is 2.22. The van der Waals surface area contributed by atoms with Crippen LogP contribution in [0.25, 0.3) is 0 Å². The summed E-state index contributed by atoms with van der Waals surface area (Å²) in [4.78, 5) is 13.9. The molecule has 1 aliphatic rings. The lowest BCUT2D eigenvalue weighted by atomic mass is 10.5. The number of fused-ring (bicyclic) bond motifs is 1. The van der Waals surface area contributed by atoms with Gasteiger partial charge in [0.1, 0.15) is 0 Å². The van der Waals surface area contributed by atoms with Gasteiger partial charge in [0.2, 0.25) is 11.8 Å². The van der Waals surface area contributed by atoms with Crippen LogP contribution in [0.1, 0.15) is 13.8 Å². The molecule has 82 valence electrons. The van der Waals surface area contributed by atoms with Crippen LogP contribution in [-0.2, 0) is 6.54 Å². The van der Waals surface area contributed by atoms with Crippen molar-refractivity contribution in [3.05, 3.63) is 10.4 Å². The topological polar surface area (TPSA) is 63.1 Å². The van der Waals surface area contributed by atoms with Crippen LogP contribution < -0.4 is 15.8 Å². The molecule has 0 fully saturated rings. The number of hydrogen-bond acceptors (Lipinski definition) is 5. The molecule has 0 aromatic carbocycles. The Morgan fingerprint density at radius 1 is 1.33 bits per heavy atom. The molecule has 0 saturated heterocycles. The van der Waals surface area contributed by atoms with Gasteiger partial charge in [0.25, 0.3) is 5.56 Å². The van der Waals surface area contributed by atoms with Crippen molar-refractivity contribution in [2.24, 2.45) is 0 Å². The molecule has 0 atom stereocenters. The highest BCUT2D eigenvalue weighted by Crippen LogP contribution is 2.14. The number of likely N-dealkylation sites (N-methyl/N-ethyl adjacent to an activating group) is 1. The number of nitrogens with one attached hydrogen (secondary N) is 1. The van der Waals surface area contributed by atoms with E-state index in [4.69, 9.17) is 0 Å². The van der Waals surface area contributed by atoms with Crippen molar-refractivity contribution in [3.63, 3.8) is 0 Å². The molecule has 2 rings (SSSR count). The van der Waals surface area contributed by atoms with Crippen molar-refractivity contribution >= 4 is 11.8 Å². The third kappa shape index (κ3) is 1.55. The largest absolute Gasteiger partial charge is 0.364 e. The Labute approximate surface area is 87.9 Å². The van der Waals surface area contributed by atoms with Gasteiger partial charge in [0.15, 0.2) is 0 Å². The van der Waals surface area contributed by atoms with Crippen molar-refractivity contribution in [1.29, 1.82) is 0 Å². The average Bonchev–Trinajstić information content (AvgIpc) is 2.66. The first-order chi connectivity index (χ1) is 7.27. The molecule has 1 N–H and O–H groups in total. The molecule has 2 heterocycles. The van der Waals surface area contributed by atoms with Gasteiger partial charge in [0, 0.05) is 26.2 Å². The van der Waals surface area contributed by atoms with E-state index < -0.39 is 0 Å². The van der Waals surface area contributed by atoms with Crippen molar-refractivity contribution in [3.8, 4) is 0 Å². The summed E-state index contributed by atoms with van der Waals surface area (Å²) in [5.74, 6) is 1.03. The molecule has 1 aromatic rings. The molecule has 1 aromatic heterocycles. The van der Waals surface area contributed by atoms with Crippen LogP contribution >= 0.6 is 0 Å². The monoisotopic (exact) mass is 209 g/mol. The molecule has 0 aliphatic carbocycles. The molecule has 0 spiro atoms. The molecular weight excluding hydrogens is 194 g/mol. The first kappa shape index (κ1) is 9.95. The van der Waals surface area contributed by atoms with E-state index in [2.05, 4.69) is 15.5 Å². The Hall–Kier alpha value is -1.59. The fourth-order valence-electron chi connectivity index (χ4n) is 1.74. The van der Waals surface area contributed by atoms with E-state index in [0.29, 0.717) is 24.9 Å². The maximum atomic E-state index is 11.9. The SMILES string of the molecule is CCNc1nnc2n(c1=O)CCN2CC. The number of anilines is 2. The summed E-state index contributed by atoms with van der Waals surface area (Å²) in [5.41, 5.74) is -0.0715. The third-order valence-electron chi connectivity index (χ3n) is 2.53. The summed E-state index contributed by atoms with van der Waals surface area (Å²) in [5, 5.41) is 10.9. The second kappa shape index (κ2) is 3.88. The van der Waals surface area contributed by atoms with Crippen molar-refractivity contribution in [2.75, 3.05) is 29.9 Å². The minimum atomic E-state index is -0.0715. The summed E-state index contributed by atoms with van der Waals surface area (Å²) in [7, 11) is 0. The van der Waals surface area contributed by atoms with Crippen LogP contribution in [0, 0.1) is 0 Å². The Morgan fingerprint density at radius 2 is 2.13 bits per heavy atom. The van der Waals surface area contributed by atoms with Crippen LogP contribution in [0.4, 0.5) is 11.8 Å². The van der Waals surface area contributed by atoms with Gasteiger partial charge in [-0.25, -0.2) is 0 Å². The average molecular weight is 209 g/mol. The van der Waals surface area contributed by atoms with Crippen molar-refractivity contribution in [2.45, 2.75) is 20.4 Å². The summed E-state index contributed by atoms with van der Waals surface area (Å²) in [6, 6.07) is 0. The Kier molecular flexibility index (Phi) is 2.57. The Bertz CT molecular complexity index is 413. The van der Waals surface area contributed by atoms with E-state index in [1.807, 2.05) is 18.7 Å². The van der Waals surface area contributed by atoms with Gasteiger partial charge in [-0.05, 0) is 13.8 Å². The number of hydrogen-bond donors (Lipinski definition) is 1. The first-order valence-corrected chi connectivity index (χ1v) is 5.24. The third-order valence-corrected chi connectivity index (χ3v) is 2.53. The maximum Gasteiger partial charge on any atom is 0.298 e. The minimum absolute atomic E-state index is 0.0715. The summed E-state index contributed by atoms with van der Waals surface area (Å²) in [6.45, 7) is 7.05. The van der Waals surface area contributed by atoms with E-state index >= 15 is 0 Å². The van der Waals surface area contributed by atoms with Gasteiger partial charge < -0.3 is 10.2 Å². The fourth-order valence-corrected chi connectivity index (χ4v) is 1.74. The number of rotatable bonds is 3. The molecule has 6 heteroatoms. The van der Waals surface area contributed by atoms with Gasteiger partial charge in [-0.1, -0.05) is 0 Å². The van der Waals surface area contributed by atoms with E-state index in [1.54, 1.807) is 4.57 Å². The molecular formula is C9H15N5O. The fraction of sp³-hybridized carbons (Fsp3) is 0.667. The lowest BCUT2D eigenvalue weighted by Gasteiger charge is -2.13. The summed E-state index contributed by atoms with van der Waals surface area (Å²) < 4.78 is 1.68. The highest BCUT2D eigenvalue weighted by molar-refractivity contribution is 5.39. The zero-order valence-electron chi connectivity index (χ0n) is 9.03. The Balaban J connectivity index is 2.43. The van der Waals surface area contributed by atoms with Gasteiger partial charge >= 0.3 is 0 Å². The van der Waals surface area contributed by atoms with Gasteiger partial charge in [-0.15, -0.1) is 10.2 Å². The van der Waals surface area contributed by atoms with E-state index in [-0.39, 0.29) is 5.56 Å². The normalized spacial score (nSPS) is 14.1. The molecule has 0 saturated carbocycles. The van der Waals surface area contributed by atoms with Crippen LogP contribution in [0.15, 0.2) is 4.79 Å². The zero-order valence-corrected chi connectivity index (χ0v) is 9.03. The highest BCUT2D eigenvalue weighted by atomic mass is 16.1. The molecule has 1 aliphatic heterocycles. The van der Waals surface area contributed by atoms with Gasteiger partial charge in [-0.3, -0.25) is 9.36 Å². The summed E-state index contributed by atoms with van der Waals surface area (Å²) >= 11 is 0.